The van der Waals surface area contributed by atoms with E-state index in [9.17, 15) is 10.1 Å². The van der Waals surface area contributed by atoms with Crippen molar-refractivity contribution in [3.63, 3.8) is 0 Å². The van der Waals surface area contributed by atoms with Crippen LogP contribution in [-0.4, -0.2) is 32.8 Å². The first-order chi connectivity index (χ1) is 9.11. The Morgan fingerprint density at radius 1 is 1.63 bits per heavy atom. The van der Waals surface area contributed by atoms with Crippen LogP contribution in [-0.2, 0) is 6.54 Å². The molecule has 1 aromatic heterocycles. The Bertz CT molecular complexity index is 445. The Balaban J connectivity index is 2.77. The SMILES string of the molecule is C=CCSCCNc1c([N+](=O)[O-])c(C)nn1CCC. The van der Waals surface area contributed by atoms with E-state index in [4.69, 9.17) is 0 Å². The smallest absolute Gasteiger partial charge is 0.333 e. The largest absolute Gasteiger partial charge is 0.364 e. The minimum atomic E-state index is -0.367. The van der Waals surface area contributed by atoms with Crippen molar-refractivity contribution in [3.05, 3.63) is 28.5 Å². The molecule has 0 amide bonds. The number of nitro groups is 1. The monoisotopic (exact) mass is 284 g/mol. The fraction of sp³-hybridized carbons (Fsp3) is 0.583. The summed E-state index contributed by atoms with van der Waals surface area (Å²) in [7, 11) is 0. The third-order valence-electron chi connectivity index (χ3n) is 2.49. The highest BCUT2D eigenvalue weighted by molar-refractivity contribution is 7.99. The molecule has 1 rings (SSSR count). The Hall–Kier alpha value is -1.50. The molecule has 7 heteroatoms. The normalized spacial score (nSPS) is 10.4. The van der Waals surface area contributed by atoms with Crippen molar-refractivity contribution in [2.45, 2.75) is 26.8 Å². The van der Waals surface area contributed by atoms with Crippen molar-refractivity contribution < 1.29 is 4.92 Å². The summed E-state index contributed by atoms with van der Waals surface area (Å²) < 4.78 is 1.69. The lowest BCUT2D eigenvalue weighted by atomic mass is 10.4. The summed E-state index contributed by atoms with van der Waals surface area (Å²) >= 11 is 1.73. The lowest BCUT2D eigenvalue weighted by Crippen LogP contribution is -2.11. The van der Waals surface area contributed by atoms with Gasteiger partial charge in [-0.05, 0) is 13.3 Å². The molecule has 0 saturated carbocycles. The van der Waals surface area contributed by atoms with Crippen LogP contribution in [0, 0.1) is 17.0 Å². The van der Waals surface area contributed by atoms with Gasteiger partial charge in [-0.3, -0.25) is 10.1 Å². The molecule has 0 bridgehead atoms. The average molecular weight is 284 g/mol. The molecule has 0 fully saturated rings. The van der Waals surface area contributed by atoms with Crippen molar-refractivity contribution in [2.24, 2.45) is 0 Å². The average Bonchev–Trinajstić information content (AvgIpc) is 2.66. The van der Waals surface area contributed by atoms with Gasteiger partial charge in [0.15, 0.2) is 0 Å². The molecule has 0 aliphatic carbocycles. The van der Waals surface area contributed by atoms with Crippen LogP contribution in [0.5, 0.6) is 0 Å². The maximum atomic E-state index is 11.1. The van der Waals surface area contributed by atoms with E-state index in [0.717, 1.165) is 17.9 Å². The minimum Gasteiger partial charge on any atom is -0.364 e. The van der Waals surface area contributed by atoms with Crippen LogP contribution in [0.1, 0.15) is 19.0 Å². The first-order valence-corrected chi connectivity index (χ1v) is 7.41. The van der Waals surface area contributed by atoms with Gasteiger partial charge >= 0.3 is 5.69 Å². The summed E-state index contributed by atoms with van der Waals surface area (Å²) in [5.74, 6) is 2.28. The van der Waals surface area contributed by atoms with Crippen molar-refractivity contribution >= 4 is 23.3 Å². The van der Waals surface area contributed by atoms with E-state index in [1.54, 1.807) is 23.4 Å². The van der Waals surface area contributed by atoms with E-state index in [0.29, 0.717) is 24.6 Å². The second-order valence-electron chi connectivity index (χ2n) is 4.05. The standard InChI is InChI=1S/C12H20N4O2S/c1-4-7-15-12(13-6-9-19-8-5-2)11(16(17)18)10(3)14-15/h5,13H,2,4,6-9H2,1,3H3. The highest BCUT2D eigenvalue weighted by Crippen LogP contribution is 2.28. The van der Waals surface area contributed by atoms with Gasteiger partial charge in [-0.15, -0.1) is 6.58 Å². The fourth-order valence-corrected chi connectivity index (χ4v) is 2.33. The maximum absolute atomic E-state index is 11.1. The summed E-state index contributed by atoms with van der Waals surface area (Å²) in [5, 5.41) is 18.4. The van der Waals surface area contributed by atoms with Gasteiger partial charge in [0, 0.05) is 24.6 Å². The molecule has 1 heterocycles. The van der Waals surface area contributed by atoms with Crippen molar-refractivity contribution in [1.82, 2.24) is 9.78 Å². The zero-order chi connectivity index (χ0) is 14.3. The van der Waals surface area contributed by atoms with Gasteiger partial charge in [0.2, 0.25) is 5.82 Å². The van der Waals surface area contributed by atoms with Gasteiger partial charge in [-0.2, -0.15) is 16.9 Å². The van der Waals surface area contributed by atoms with E-state index >= 15 is 0 Å². The Kier molecular flexibility index (Phi) is 6.41. The second-order valence-corrected chi connectivity index (χ2v) is 5.20. The van der Waals surface area contributed by atoms with E-state index in [-0.39, 0.29) is 10.6 Å². The van der Waals surface area contributed by atoms with E-state index in [2.05, 4.69) is 17.0 Å². The Morgan fingerprint density at radius 3 is 2.95 bits per heavy atom. The minimum absolute atomic E-state index is 0.0853. The quantitative estimate of drug-likeness (QED) is 0.327. The molecule has 0 spiro atoms. The number of aromatic nitrogens is 2. The van der Waals surface area contributed by atoms with Crippen LogP contribution in [0.4, 0.5) is 11.5 Å². The fourth-order valence-electron chi connectivity index (χ4n) is 1.75. The van der Waals surface area contributed by atoms with Gasteiger partial charge in [0.05, 0.1) is 4.92 Å². The van der Waals surface area contributed by atoms with Crippen LogP contribution < -0.4 is 5.32 Å². The number of anilines is 1. The molecule has 0 aliphatic heterocycles. The molecule has 0 aromatic carbocycles. The summed E-state index contributed by atoms with van der Waals surface area (Å²) in [6, 6.07) is 0. The Morgan fingerprint density at radius 2 is 2.37 bits per heavy atom. The number of hydrogen-bond acceptors (Lipinski definition) is 5. The highest BCUT2D eigenvalue weighted by atomic mass is 32.2. The summed E-state index contributed by atoms with van der Waals surface area (Å²) in [6.07, 6.45) is 2.73. The molecule has 106 valence electrons. The number of hydrogen-bond donors (Lipinski definition) is 1. The van der Waals surface area contributed by atoms with Crippen LogP contribution in [0.3, 0.4) is 0 Å². The van der Waals surface area contributed by atoms with E-state index in [1.807, 2.05) is 13.0 Å². The molecule has 0 atom stereocenters. The number of nitrogens with one attached hydrogen (secondary N) is 1. The molecule has 0 radical (unpaired) electrons. The van der Waals surface area contributed by atoms with Crippen LogP contribution >= 0.6 is 11.8 Å². The maximum Gasteiger partial charge on any atom is 0.333 e. The number of aryl methyl sites for hydroxylation is 2. The summed E-state index contributed by atoms with van der Waals surface area (Å²) in [6.45, 7) is 8.69. The second kappa shape index (κ2) is 7.83. The van der Waals surface area contributed by atoms with Crippen LogP contribution in [0.25, 0.3) is 0 Å². The molecule has 19 heavy (non-hydrogen) atoms. The van der Waals surface area contributed by atoms with Crippen molar-refractivity contribution in [2.75, 3.05) is 23.4 Å². The number of rotatable bonds is 9. The van der Waals surface area contributed by atoms with Crippen molar-refractivity contribution in [3.8, 4) is 0 Å². The number of thioether (sulfide) groups is 1. The molecule has 0 aliphatic rings. The van der Waals surface area contributed by atoms with Crippen LogP contribution in [0.15, 0.2) is 12.7 Å². The lowest BCUT2D eigenvalue weighted by Gasteiger charge is -2.07. The van der Waals surface area contributed by atoms with Crippen LogP contribution in [0.2, 0.25) is 0 Å². The van der Waals surface area contributed by atoms with Gasteiger partial charge < -0.3 is 5.32 Å². The predicted octanol–water partition coefficient (Wildman–Crippen LogP) is 2.84. The summed E-state index contributed by atoms with van der Waals surface area (Å²) in [5.41, 5.74) is 0.543. The van der Waals surface area contributed by atoms with Gasteiger partial charge in [0.25, 0.3) is 0 Å². The zero-order valence-electron chi connectivity index (χ0n) is 11.4. The molecule has 0 saturated heterocycles. The first-order valence-electron chi connectivity index (χ1n) is 6.26. The molecule has 1 aromatic rings. The molecule has 6 nitrogen and oxygen atoms in total. The van der Waals surface area contributed by atoms with Gasteiger partial charge in [0.1, 0.15) is 5.69 Å². The molecule has 0 unspecified atom stereocenters. The highest BCUT2D eigenvalue weighted by Gasteiger charge is 2.24. The lowest BCUT2D eigenvalue weighted by molar-refractivity contribution is -0.384. The number of nitrogens with zero attached hydrogens (tertiary/aromatic N) is 3. The molecular formula is C12H20N4O2S. The predicted molar refractivity (Wildman–Crippen MR) is 79.9 cm³/mol. The van der Waals surface area contributed by atoms with Crippen molar-refractivity contribution in [1.29, 1.82) is 0 Å². The van der Waals surface area contributed by atoms with E-state index in [1.165, 1.54) is 0 Å². The molecular weight excluding hydrogens is 264 g/mol. The van der Waals surface area contributed by atoms with Gasteiger partial charge in [-0.25, -0.2) is 4.68 Å². The zero-order valence-corrected chi connectivity index (χ0v) is 12.2. The Labute approximate surface area is 117 Å². The molecule has 1 N–H and O–H groups in total. The van der Waals surface area contributed by atoms with E-state index < -0.39 is 0 Å². The third kappa shape index (κ3) is 4.27. The summed E-state index contributed by atoms with van der Waals surface area (Å²) in [4.78, 5) is 10.7. The third-order valence-corrected chi connectivity index (χ3v) is 3.45. The first kappa shape index (κ1) is 15.6. The van der Waals surface area contributed by atoms with Gasteiger partial charge in [-0.1, -0.05) is 13.0 Å². The topological polar surface area (TPSA) is 73.0 Å².